The van der Waals surface area contributed by atoms with Crippen LogP contribution in [0.15, 0.2) is 29.6 Å². The number of carboxylic acid groups (broad SMARTS) is 1. The van der Waals surface area contributed by atoms with Crippen LogP contribution >= 0.6 is 11.8 Å². The van der Waals surface area contributed by atoms with Crippen LogP contribution in [0.25, 0.3) is 5.52 Å². The first-order chi connectivity index (χ1) is 11.1. The number of hydrogen-bond donors (Lipinski definition) is 2. The summed E-state index contributed by atoms with van der Waals surface area (Å²) in [5, 5.41) is 12.9. The van der Waals surface area contributed by atoms with Crippen LogP contribution in [-0.2, 0) is 9.53 Å². The van der Waals surface area contributed by atoms with Gasteiger partial charge in [-0.15, -0.1) is 0 Å². The molecule has 0 saturated carbocycles. The summed E-state index contributed by atoms with van der Waals surface area (Å²) in [7, 11) is 0. The number of carbonyl (C=O) groups excluding carboxylic acids is 1. The Morgan fingerprint density at radius 2 is 2.13 bits per heavy atom. The van der Waals surface area contributed by atoms with Crippen molar-refractivity contribution < 1.29 is 19.4 Å². The van der Waals surface area contributed by atoms with Crippen molar-refractivity contribution in [2.45, 2.75) is 23.5 Å². The molecule has 1 amide bonds. The number of amides is 1. The first kappa shape index (κ1) is 15.8. The van der Waals surface area contributed by atoms with Crippen molar-refractivity contribution in [3.05, 3.63) is 30.1 Å². The molecule has 0 spiro atoms. The van der Waals surface area contributed by atoms with Crippen LogP contribution in [0.1, 0.15) is 23.3 Å². The lowest BCUT2D eigenvalue weighted by Crippen LogP contribution is -2.57. The van der Waals surface area contributed by atoms with Crippen molar-refractivity contribution in [3.63, 3.8) is 0 Å². The zero-order valence-corrected chi connectivity index (χ0v) is 13.4. The van der Waals surface area contributed by atoms with E-state index in [0.717, 1.165) is 0 Å². The van der Waals surface area contributed by atoms with Gasteiger partial charge in [-0.2, -0.15) is 0 Å². The van der Waals surface area contributed by atoms with Gasteiger partial charge in [-0.05, 0) is 18.4 Å². The molecule has 1 aliphatic rings. The van der Waals surface area contributed by atoms with E-state index in [1.54, 1.807) is 6.07 Å². The fraction of sp³-hybridized carbons (Fsp3) is 0.400. The van der Waals surface area contributed by atoms with E-state index < -0.39 is 17.4 Å². The van der Waals surface area contributed by atoms with Crippen molar-refractivity contribution in [1.29, 1.82) is 0 Å². The number of thioether (sulfide) groups is 1. The van der Waals surface area contributed by atoms with E-state index in [0.29, 0.717) is 23.9 Å². The number of pyridine rings is 1. The van der Waals surface area contributed by atoms with Crippen LogP contribution in [0.4, 0.5) is 0 Å². The van der Waals surface area contributed by atoms with Crippen molar-refractivity contribution in [2.75, 3.05) is 19.5 Å². The summed E-state index contributed by atoms with van der Waals surface area (Å²) in [6, 6.07) is 5.46. The maximum absolute atomic E-state index is 12.7. The zero-order valence-electron chi connectivity index (χ0n) is 12.6. The molecule has 23 heavy (non-hydrogen) atoms. The number of ether oxygens (including phenoxy) is 1. The molecule has 2 aromatic heterocycles. The second-order valence-corrected chi connectivity index (χ2v) is 6.13. The summed E-state index contributed by atoms with van der Waals surface area (Å²) in [4.78, 5) is 28.7. The lowest BCUT2D eigenvalue weighted by atomic mass is 9.90. The van der Waals surface area contributed by atoms with Gasteiger partial charge in [-0.1, -0.05) is 17.8 Å². The number of fused-ring (bicyclic) bond motifs is 1. The average Bonchev–Trinajstić information content (AvgIpc) is 2.94. The number of rotatable bonds is 4. The van der Waals surface area contributed by atoms with Gasteiger partial charge >= 0.3 is 5.97 Å². The molecule has 0 unspecified atom stereocenters. The standard InChI is InChI=1S/C15H17N3O4S/c1-23-14-16-11(10-4-2-3-7-18(10)14)12(19)17-15(13(20)21)5-8-22-9-6-15/h2-4,7H,5-6,8-9H2,1H3,(H,17,19)(H,20,21). The Morgan fingerprint density at radius 3 is 2.78 bits per heavy atom. The van der Waals surface area contributed by atoms with E-state index in [9.17, 15) is 14.7 Å². The average molecular weight is 335 g/mol. The number of aliphatic carboxylic acids is 1. The molecule has 2 aromatic rings. The SMILES string of the molecule is CSc1nc(C(=O)NC2(C(=O)O)CCOCC2)c2ccccn12. The number of imidazole rings is 1. The summed E-state index contributed by atoms with van der Waals surface area (Å²) >= 11 is 1.42. The van der Waals surface area contributed by atoms with E-state index >= 15 is 0 Å². The quantitative estimate of drug-likeness (QED) is 0.821. The smallest absolute Gasteiger partial charge is 0.329 e. The van der Waals surface area contributed by atoms with Gasteiger partial charge in [0.05, 0.1) is 5.52 Å². The predicted octanol–water partition coefficient (Wildman–Crippen LogP) is 1.42. The highest BCUT2D eigenvalue weighted by Gasteiger charge is 2.42. The molecule has 8 heteroatoms. The van der Waals surface area contributed by atoms with Gasteiger partial charge < -0.3 is 15.2 Å². The summed E-state index contributed by atoms with van der Waals surface area (Å²) in [6.07, 6.45) is 4.19. The predicted molar refractivity (Wildman–Crippen MR) is 84.9 cm³/mol. The van der Waals surface area contributed by atoms with Crippen molar-refractivity contribution in [1.82, 2.24) is 14.7 Å². The molecule has 0 radical (unpaired) electrons. The molecule has 0 aliphatic carbocycles. The second-order valence-electron chi connectivity index (χ2n) is 5.36. The molecule has 122 valence electrons. The van der Waals surface area contributed by atoms with Crippen molar-refractivity contribution in [3.8, 4) is 0 Å². The van der Waals surface area contributed by atoms with Gasteiger partial charge in [0.15, 0.2) is 10.9 Å². The van der Waals surface area contributed by atoms with Crippen LogP contribution < -0.4 is 5.32 Å². The largest absolute Gasteiger partial charge is 0.480 e. The topological polar surface area (TPSA) is 92.9 Å². The van der Waals surface area contributed by atoms with Crippen LogP contribution in [0.3, 0.4) is 0 Å². The first-order valence-electron chi connectivity index (χ1n) is 7.22. The Morgan fingerprint density at radius 1 is 1.39 bits per heavy atom. The van der Waals surface area contributed by atoms with Crippen LogP contribution in [-0.4, -0.2) is 51.4 Å². The third kappa shape index (κ3) is 2.79. The number of carboxylic acids is 1. The molecule has 0 aromatic carbocycles. The van der Waals surface area contributed by atoms with Crippen LogP contribution in [0.2, 0.25) is 0 Å². The summed E-state index contributed by atoms with van der Waals surface area (Å²) < 4.78 is 7.03. The van der Waals surface area contributed by atoms with E-state index in [1.165, 1.54) is 11.8 Å². The molecule has 7 nitrogen and oxygen atoms in total. The van der Waals surface area contributed by atoms with Crippen LogP contribution in [0.5, 0.6) is 0 Å². The third-order valence-corrected chi connectivity index (χ3v) is 4.68. The summed E-state index contributed by atoms with van der Waals surface area (Å²) in [5.74, 6) is -1.51. The van der Waals surface area contributed by atoms with Crippen molar-refractivity contribution >= 4 is 29.2 Å². The molecule has 1 aliphatic heterocycles. The molecular weight excluding hydrogens is 318 g/mol. The molecule has 0 bridgehead atoms. The van der Waals surface area contributed by atoms with Gasteiger partial charge in [-0.3, -0.25) is 9.20 Å². The summed E-state index contributed by atoms with van der Waals surface area (Å²) in [6.45, 7) is 0.624. The van der Waals surface area contributed by atoms with Gasteiger partial charge in [0.2, 0.25) is 0 Å². The molecule has 3 rings (SSSR count). The van der Waals surface area contributed by atoms with E-state index in [1.807, 2.05) is 29.0 Å². The molecule has 2 N–H and O–H groups in total. The zero-order chi connectivity index (χ0) is 16.4. The highest BCUT2D eigenvalue weighted by atomic mass is 32.2. The third-order valence-electron chi connectivity index (χ3n) is 4.02. The molecular formula is C15H17N3O4S. The van der Waals surface area contributed by atoms with Gasteiger partial charge in [0.1, 0.15) is 5.54 Å². The Kier molecular flexibility index (Phi) is 4.27. The maximum atomic E-state index is 12.7. The lowest BCUT2D eigenvalue weighted by molar-refractivity contribution is -0.148. The number of hydrogen-bond acceptors (Lipinski definition) is 5. The Balaban J connectivity index is 1.95. The fourth-order valence-corrected chi connectivity index (χ4v) is 3.25. The highest BCUT2D eigenvalue weighted by molar-refractivity contribution is 7.98. The molecule has 1 saturated heterocycles. The normalized spacial score (nSPS) is 17.1. The maximum Gasteiger partial charge on any atom is 0.329 e. The first-order valence-corrected chi connectivity index (χ1v) is 8.44. The van der Waals surface area contributed by atoms with Gasteiger partial charge in [-0.25, -0.2) is 9.78 Å². The van der Waals surface area contributed by atoms with Gasteiger partial charge in [0, 0.05) is 32.3 Å². The van der Waals surface area contributed by atoms with Crippen molar-refractivity contribution in [2.24, 2.45) is 0 Å². The second kappa shape index (κ2) is 6.21. The molecule has 3 heterocycles. The minimum atomic E-state index is -1.29. The Bertz CT molecular complexity index is 752. The molecule has 0 atom stereocenters. The Hall–Kier alpha value is -2.06. The number of nitrogens with one attached hydrogen (secondary N) is 1. The highest BCUT2D eigenvalue weighted by Crippen LogP contribution is 2.24. The van der Waals surface area contributed by atoms with E-state index in [-0.39, 0.29) is 18.5 Å². The monoisotopic (exact) mass is 335 g/mol. The van der Waals surface area contributed by atoms with Crippen LogP contribution in [0, 0.1) is 0 Å². The Labute approximate surface area is 137 Å². The van der Waals surface area contributed by atoms with E-state index in [2.05, 4.69) is 10.3 Å². The summed E-state index contributed by atoms with van der Waals surface area (Å²) in [5.41, 5.74) is -0.399. The number of carbonyl (C=O) groups is 2. The van der Waals surface area contributed by atoms with E-state index in [4.69, 9.17) is 4.74 Å². The van der Waals surface area contributed by atoms with Gasteiger partial charge in [0.25, 0.3) is 5.91 Å². The number of aromatic nitrogens is 2. The molecule has 1 fully saturated rings. The minimum Gasteiger partial charge on any atom is -0.480 e. The number of nitrogens with zero attached hydrogens (tertiary/aromatic N) is 2. The fourth-order valence-electron chi connectivity index (χ4n) is 2.71. The lowest BCUT2D eigenvalue weighted by Gasteiger charge is -2.33. The minimum absolute atomic E-state index is 0.238.